The lowest BCUT2D eigenvalue weighted by Crippen LogP contribution is -2.49. The molecule has 2 aromatic carbocycles. The number of likely N-dealkylation sites (N-methyl/N-ethyl adjacent to an activating group) is 1. The van der Waals surface area contributed by atoms with Crippen molar-refractivity contribution in [3.8, 4) is 0 Å². The molecule has 0 spiro atoms. The first-order chi connectivity index (χ1) is 14.3. The molecule has 0 saturated heterocycles. The van der Waals surface area contributed by atoms with E-state index in [-0.39, 0.29) is 30.8 Å². The van der Waals surface area contributed by atoms with Crippen LogP contribution in [0.1, 0.15) is 39.2 Å². The molecule has 0 bridgehead atoms. The van der Waals surface area contributed by atoms with Gasteiger partial charge in [0.05, 0.1) is 13.0 Å². The number of nitrogens with one attached hydrogen (secondary N) is 2. The average Bonchev–Trinajstić information content (AvgIpc) is 2.71. The van der Waals surface area contributed by atoms with E-state index in [1.54, 1.807) is 14.0 Å². The van der Waals surface area contributed by atoms with Crippen molar-refractivity contribution in [3.05, 3.63) is 48.0 Å². The highest BCUT2D eigenvalue weighted by Crippen LogP contribution is 2.19. The van der Waals surface area contributed by atoms with Crippen LogP contribution in [0.3, 0.4) is 0 Å². The quantitative estimate of drug-likeness (QED) is 0.587. The molecule has 0 heterocycles. The normalized spacial score (nSPS) is 13.0. The van der Waals surface area contributed by atoms with Gasteiger partial charge in [-0.2, -0.15) is 0 Å². The molecular weight excluding hydrogens is 380 g/mol. The molecule has 2 atom stereocenters. The van der Waals surface area contributed by atoms with Gasteiger partial charge in [0.15, 0.2) is 0 Å². The van der Waals surface area contributed by atoms with E-state index in [0.717, 1.165) is 16.3 Å². The van der Waals surface area contributed by atoms with Gasteiger partial charge in [0, 0.05) is 19.4 Å². The Hall–Kier alpha value is -2.89. The Morgan fingerprint density at radius 2 is 1.70 bits per heavy atom. The highest BCUT2D eigenvalue weighted by Gasteiger charge is 2.28. The van der Waals surface area contributed by atoms with Crippen LogP contribution >= 0.6 is 0 Å². The lowest BCUT2D eigenvalue weighted by molar-refractivity contribution is -0.146. The fourth-order valence-corrected chi connectivity index (χ4v) is 3.55. The van der Waals surface area contributed by atoms with E-state index >= 15 is 0 Å². The number of benzene rings is 2. The van der Waals surface area contributed by atoms with E-state index < -0.39 is 17.9 Å². The summed E-state index contributed by atoms with van der Waals surface area (Å²) in [6.45, 7) is 6.01. The fraction of sp³-hybridized carbons (Fsp3) is 0.458. The molecule has 6 heteroatoms. The van der Waals surface area contributed by atoms with Gasteiger partial charge < -0.3 is 15.4 Å². The zero-order valence-electron chi connectivity index (χ0n) is 18.2. The van der Waals surface area contributed by atoms with Crippen LogP contribution in [0.5, 0.6) is 0 Å². The van der Waals surface area contributed by atoms with Crippen LogP contribution in [0.4, 0.5) is 0 Å². The molecule has 162 valence electrons. The Kier molecular flexibility index (Phi) is 8.84. The molecule has 0 aliphatic carbocycles. The number of hydrogen-bond donors (Lipinski definition) is 2. The second-order valence-electron chi connectivity index (χ2n) is 7.90. The number of rotatable bonds is 10. The molecule has 0 aliphatic heterocycles. The maximum atomic E-state index is 13.0. The van der Waals surface area contributed by atoms with E-state index in [4.69, 9.17) is 4.74 Å². The molecule has 0 aromatic heterocycles. The molecule has 2 amide bonds. The van der Waals surface area contributed by atoms with Crippen LogP contribution in [0.25, 0.3) is 10.8 Å². The predicted molar refractivity (Wildman–Crippen MR) is 118 cm³/mol. The minimum atomic E-state index is -0.722. The summed E-state index contributed by atoms with van der Waals surface area (Å²) < 4.78 is 5.02. The van der Waals surface area contributed by atoms with E-state index in [9.17, 15) is 14.4 Å². The third-order valence-corrected chi connectivity index (χ3v) is 4.98. The predicted octanol–water partition coefficient (Wildman–Crippen LogP) is 3.23. The van der Waals surface area contributed by atoms with Crippen molar-refractivity contribution in [3.63, 3.8) is 0 Å². The van der Waals surface area contributed by atoms with Crippen molar-refractivity contribution in [2.45, 2.75) is 46.1 Å². The second-order valence-corrected chi connectivity index (χ2v) is 7.90. The number of ether oxygens (including phenoxy) is 1. The van der Waals surface area contributed by atoms with E-state index in [0.29, 0.717) is 12.8 Å². The molecule has 2 unspecified atom stereocenters. The highest BCUT2D eigenvalue weighted by atomic mass is 16.5. The monoisotopic (exact) mass is 412 g/mol. The van der Waals surface area contributed by atoms with E-state index in [1.165, 1.54) is 0 Å². The van der Waals surface area contributed by atoms with Crippen molar-refractivity contribution < 1.29 is 19.1 Å². The van der Waals surface area contributed by atoms with Gasteiger partial charge in [0.2, 0.25) is 11.8 Å². The van der Waals surface area contributed by atoms with Gasteiger partial charge in [0.25, 0.3) is 0 Å². The first-order valence-corrected chi connectivity index (χ1v) is 10.5. The number of esters is 1. The molecule has 0 fully saturated rings. The zero-order valence-corrected chi connectivity index (χ0v) is 18.2. The first-order valence-electron chi connectivity index (χ1n) is 10.5. The lowest BCUT2D eigenvalue weighted by Gasteiger charge is -2.23. The van der Waals surface area contributed by atoms with Crippen molar-refractivity contribution in [2.24, 2.45) is 11.8 Å². The minimum Gasteiger partial charge on any atom is -0.466 e. The summed E-state index contributed by atoms with van der Waals surface area (Å²) in [7, 11) is 1.55. The van der Waals surface area contributed by atoms with Crippen LogP contribution in [0, 0.1) is 11.8 Å². The Morgan fingerprint density at radius 3 is 2.33 bits per heavy atom. The molecule has 6 nitrogen and oxygen atoms in total. The van der Waals surface area contributed by atoms with Crippen LogP contribution in [-0.2, 0) is 25.5 Å². The van der Waals surface area contributed by atoms with Crippen LogP contribution in [-0.4, -0.2) is 37.5 Å². The van der Waals surface area contributed by atoms with Crippen molar-refractivity contribution in [1.29, 1.82) is 0 Å². The summed E-state index contributed by atoms with van der Waals surface area (Å²) >= 11 is 0. The van der Waals surface area contributed by atoms with E-state index in [1.807, 2.05) is 56.3 Å². The molecule has 2 aromatic rings. The van der Waals surface area contributed by atoms with Crippen molar-refractivity contribution in [2.75, 3.05) is 13.7 Å². The Morgan fingerprint density at radius 1 is 1.00 bits per heavy atom. The van der Waals surface area contributed by atoms with Gasteiger partial charge in [0.1, 0.15) is 6.04 Å². The number of amides is 2. The molecular formula is C24H32N2O4. The SMILES string of the molecule is CCOC(=O)CC(CC(C)C)C(=O)NC(Cc1ccc2ccccc2c1)C(=O)NC. The number of fused-ring (bicyclic) bond motifs is 1. The smallest absolute Gasteiger partial charge is 0.306 e. The molecule has 0 radical (unpaired) electrons. The maximum absolute atomic E-state index is 13.0. The van der Waals surface area contributed by atoms with Gasteiger partial charge in [-0.3, -0.25) is 14.4 Å². The van der Waals surface area contributed by atoms with Gasteiger partial charge in [-0.05, 0) is 35.6 Å². The fourth-order valence-electron chi connectivity index (χ4n) is 3.55. The third-order valence-electron chi connectivity index (χ3n) is 4.98. The second kappa shape index (κ2) is 11.3. The van der Waals surface area contributed by atoms with Gasteiger partial charge in [-0.15, -0.1) is 0 Å². The summed E-state index contributed by atoms with van der Waals surface area (Å²) in [5.41, 5.74) is 0.952. The summed E-state index contributed by atoms with van der Waals surface area (Å²) in [6, 6.07) is 13.3. The summed E-state index contributed by atoms with van der Waals surface area (Å²) in [5, 5.41) is 7.68. The Bertz CT molecular complexity index is 878. The molecule has 30 heavy (non-hydrogen) atoms. The first kappa shape index (κ1) is 23.4. The molecule has 2 rings (SSSR count). The number of carbonyl (C=O) groups excluding carboxylic acids is 3. The summed E-state index contributed by atoms with van der Waals surface area (Å²) in [4.78, 5) is 37.4. The number of hydrogen-bond acceptors (Lipinski definition) is 4. The molecule has 0 aliphatic rings. The highest BCUT2D eigenvalue weighted by molar-refractivity contribution is 5.90. The molecule has 2 N–H and O–H groups in total. The minimum absolute atomic E-state index is 0.00823. The lowest BCUT2D eigenvalue weighted by atomic mass is 9.92. The van der Waals surface area contributed by atoms with Crippen LogP contribution in [0.15, 0.2) is 42.5 Å². The maximum Gasteiger partial charge on any atom is 0.306 e. The molecule has 0 saturated carbocycles. The average molecular weight is 413 g/mol. The van der Waals surface area contributed by atoms with Gasteiger partial charge in [-0.1, -0.05) is 56.3 Å². The standard InChI is InChI=1S/C24H32N2O4/c1-5-30-22(27)15-20(12-16(2)3)23(28)26-21(24(29)25-4)14-17-10-11-18-8-6-7-9-19(18)13-17/h6-11,13,16,20-21H,5,12,14-15H2,1-4H3,(H,25,29)(H,26,28). The van der Waals surface area contributed by atoms with Crippen molar-refractivity contribution in [1.82, 2.24) is 10.6 Å². The van der Waals surface area contributed by atoms with Gasteiger partial charge >= 0.3 is 5.97 Å². The largest absolute Gasteiger partial charge is 0.466 e. The number of carbonyl (C=O) groups is 3. The Labute approximate surface area is 178 Å². The van der Waals surface area contributed by atoms with Gasteiger partial charge in [-0.25, -0.2) is 0 Å². The summed E-state index contributed by atoms with van der Waals surface area (Å²) in [5.74, 6) is -1.27. The van der Waals surface area contributed by atoms with Crippen molar-refractivity contribution >= 4 is 28.6 Å². The summed E-state index contributed by atoms with van der Waals surface area (Å²) in [6.07, 6.45) is 0.916. The topological polar surface area (TPSA) is 84.5 Å². The Balaban J connectivity index is 2.16. The third kappa shape index (κ3) is 6.87. The van der Waals surface area contributed by atoms with E-state index in [2.05, 4.69) is 10.6 Å². The zero-order chi connectivity index (χ0) is 22.1. The van der Waals surface area contributed by atoms with Crippen LogP contribution in [0.2, 0.25) is 0 Å². The van der Waals surface area contributed by atoms with Crippen LogP contribution < -0.4 is 10.6 Å².